The summed E-state index contributed by atoms with van der Waals surface area (Å²) in [6, 6.07) is 20.6. The average molecular weight is 430 g/mol. The molecule has 5 nitrogen and oxygen atoms in total. The number of carboxylic acid groups (broad SMARTS) is 1. The Bertz CT molecular complexity index is 737. The van der Waals surface area contributed by atoms with E-state index in [2.05, 4.69) is 49.9 Å². The lowest BCUT2D eigenvalue weighted by Gasteiger charge is -2.45. The lowest BCUT2D eigenvalue weighted by atomic mass is 10.2. The number of ether oxygens (including phenoxy) is 1. The average Bonchev–Trinajstić information content (AvgIpc) is 2.70. The van der Waals surface area contributed by atoms with E-state index in [1.165, 1.54) is 0 Å². The Morgan fingerprint density at radius 1 is 1.03 bits per heavy atom. The van der Waals surface area contributed by atoms with E-state index in [1.807, 2.05) is 43.4 Å². The van der Waals surface area contributed by atoms with Gasteiger partial charge in [0.05, 0.1) is 19.1 Å². The first-order valence-electron chi connectivity index (χ1n) is 10.4. The summed E-state index contributed by atoms with van der Waals surface area (Å²) in [5.41, 5.74) is 0. The summed E-state index contributed by atoms with van der Waals surface area (Å²) in [4.78, 5) is 13.8. The molecule has 164 valence electrons. The van der Waals surface area contributed by atoms with Crippen LogP contribution in [-0.4, -0.2) is 64.3 Å². The zero-order valence-electron chi connectivity index (χ0n) is 18.8. The second-order valence-corrected chi connectivity index (χ2v) is 13.0. The Balaban J connectivity index is 2.55. The van der Waals surface area contributed by atoms with E-state index in [1.54, 1.807) is 7.11 Å². The van der Waals surface area contributed by atoms with Crippen molar-refractivity contribution >= 4 is 24.7 Å². The SMILES string of the molecule is COCCN(C)C[C@H](CC(=O)O)O[Si](c1ccccc1)(c1ccccc1)C(C)(C)C. The van der Waals surface area contributed by atoms with Gasteiger partial charge in [-0.2, -0.15) is 0 Å². The minimum atomic E-state index is -2.80. The Morgan fingerprint density at radius 2 is 1.53 bits per heavy atom. The minimum Gasteiger partial charge on any atom is -0.481 e. The zero-order chi connectivity index (χ0) is 22.2. The topological polar surface area (TPSA) is 59.0 Å². The number of carbonyl (C=O) groups is 1. The highest BCUT2D eigenvalue weighted by Crippen LogP contribution is 2.37. The molecule has 6 heteroatoms. The fourth-order valence-corrected chi connectivity index (χ4v) is 8.64. The van der Waals surface area contributed by atoms with Gasteiger partial charge in [-0.05, 0) is 22.5 Å². The molecule has 0 unspecified atom stereocenters. The monoisotopic (exact) mass is 429 g/mol. The number of benzene rings is 2. The summed E-state index contributed by atoms with van der Waals surface area (Å²) in [5.74, 6) is -0.849. The molecular weight excluding hydrogens is 394 g/mol. The van der Waals surface area contributed by atoms with Crippen molar-refractivity contribution in [2.75, 3.05) is 33.9 Å². The summed E-state index contributed by atoms with van der Waals surface area (Å²) in [6.07, 6.45) is -0.474. The smallest absolute Gasteiger partial charge is 0.305 e. The fraction of sp³-hybridized carbons (Fsp3) is 0.458. The molecule has 30 heavy (non-hydrogen) atoms. The van der Waals surface area contributed by atoms with Crippen molar-refractivity contribution in [3.63, 3.8) is 0 Å². The summed E-state index contributed by atoms with van der Waals surface area (Å²) < 4.78 is 12.2. The van der Waals surface area contributed by atoms with Crippen LogP contribution < -0.4 is 10.4 Å². The number of likely N-dealkylation sites (N-methyl/N-ethyl adjacent to an activating group) is 1. The molecule has 0 spiro atoms. The third-order valence-electron chi connectivity index (χ3n) is 5.35. The summed E-state index contributed by atoms with van der Waals surface area (Å²) >= 11 is 0. The molecule has 0 amide bonds. The van der Waals surface area contributed by atoms with E-state index in [4.69, 9.17) is 9.16 Å². The van der Waals surface area contributed by atoms with Gasteiger partial charge in [0.15, 0.2) is 0 Å². The second-order valence-electron chi connectivity index (χ2n) is 8.76. The van der Waals surface area contributed by atoms with Crippen molar-refractivity contribution in [3.05, 3.63) is 60.7 Å². The number of aliphatic carboxylic acids is 1. The third-order valence-corrected chi connectivity index (χ3v) is 10.4. The van der Waals surface area contributed by atoms with Crippen molar-refractivity contribution in [2.45, 2.75) is 38.3 Å². The van der Waals surface area contributed by atoms with Gasteiger partial charge >= 0.3 is 5.97 Å². The molecular formula is C24H35NO4Si. The third kappa shape index (κ3) is 6.01. The van der Waals surface area contributed by atoms with Crippen molar-refractivity contribution in [3.8, 4) is 0 Å². The summed E-state index contributed by atoms with van der Waals surface area (Å²) in [7, 11) is 0.844. The van der Waals surface area contributed by atoms with Crippen LogP contribution in [0.4, 0.5) is 0 Å². The highest BCUT2D eigenvalue weighted by atomic mass is 28.4. The molecule has 2 aromatic carbocycles. The Kier molecular flexibility index (Phi) is 8.79. The van der Waals surface area contributed by atoms with E-state index in [9.17, 15) is 9.90 Å². The van der Waals surface area contributed by atoms with E-state index >= 15 is 0 Å². The van der Waals surface area contributed by atoms with Crippen molar-refractivity contribution in [1.29, 1.82) is 0 Å². The van der Waals surface area contributed by atoms with Crippen LogP contribution in [0.1, 0.15) is 27.2 Å². The molecule has 0 saturated carbocycles. The number of carboxylic acids is 1. The maximum atomic E-state index is 11.7. The van der Waals surface area contributed by atoms with Crippen LogP contribution in [0.3, 0.4) is 0 Å². The van der Waals surface area contributed by atoms with Gasteiger partial charge in [-0.1, -0.05) is 81.4 Å². The van der Waals surface area contributed by atoms with Gasteiger partial charge in [0.25, 0.3) is 8.32 Å². The lowest BCUT2D eigenvalue weighted by molar-refractivity contribution is -0.139. The maximum Gasteiger partial charge on any atom is 0.305 e. The Labute approximate surface area is 181 Å². The molecule has 0 aliphatic heterocycles. The first-order valence-corrected chi connectivity index (χ1v) is 12.3. The molecule has 2 rings (SSSR count). The van der Waals surface area contributed by atoms with Gasteiger partial charge < -0.3 is 19.2 Å². The fourth-order valence-electron chi connectivity index (χ4n) is 3.97. The zero-order valence-corrected chi connectivity index (χ0v) is 19.8. The molecule has 0 aliphatic rings. The molecule has 1 N–H and O–H groups in total. The Hall–Kier alpha value is -1.99. The van der Waals surface area contributed by atoms with Crippen LogP contribution in [-0.2, 0) is 14.0 Å². The quantitative estimate of drug-likeness (QED) is 0.557. The largest absolute Gasteiger partial charge is 0.481 e. The normalized spacial score (nSPS) is 13.4. The van der Waals surface area contributed by atoms with Gasteiger partial charge in [-0.25, -0.2) is 0 Å². The van der Waals surface area contributed by atoms with Crippen LogP contribution in [0.2, 0.25) is 5.04 Å². The summed E-state index contributed by atoms with van der Waals surface area (Å²) in [6.45, 7) is 8.44. The van der Waals surface area contributed by atoms with Gasteiger partial charge in [0.1, 0.15) is 0 Å². The minimum absolute atomic E-state index is 0.0399. The lowest BCUT2D eigenvalue weighted by Crippen LogP contribution is -2.68. The van der Waals surface area contributed by atoms with E-state index in [0.717, 1.165) is 16.9 Å². The predicted molar refractivity (Wildman–Crippen MR) is 124 cm³/mol. The molecule has 2 aromatic rings. The predicted octanol–water partition coefficient (Wildman–Crippen LogP) is 2.98. The van der Waals surface area contributed by atoms with Gasteiger partial charge in [0.2, 0.25) is 0 Å². The highest BCUT2D eigenvalue weighted by molar-refractivity contribution is 6.99. The molecule has 0 bridgehead atoms. The molecule has 0 heterocycles. The highest BCUT2D eigenvalue weighted by Gasteiger charge is 2.51. The van der Waals surface area contributed by atoms with Crippen LogP contribution >= 0.6 is 0 Å². The maximum absolute atomic E-state index is 11.7. The molecule has 0 aliphatic carbocycles. The molecule has 1 atom stereocenters. The number of hydrogen-bond acceptors (Lipinski definition) is 4. The first-order chi connectivity index (χ1) is 14.2. The first kappa shape index (κ1) is 24.3. The molecule has 0 fully saturated rings. The van der Waals surface area contributed by atoms with Crippen molar-refractivity contribution in [1.82, 2.24) is 4.90 Å². The van der Waals surface area contributed by atoms with Gasteiger partial charge in [0, 0.05) is 20.2 Å². The standard InChI is InChI=1S/C24H35NO4Si/c1-24(2,3)30(21-12-8-6-9-13-21,22-14-10-7-11-15-22)29-20(18-23(26)27)19-25(4)16-17-28-5/h6-15,20H,16-19H2,1-5H3,(H,26,27)/t20-/m0/s1. The number of hydrogen-bond donors (Lipinski definition) is 1. The van der Waals surface area contributed by atoms with Crippen molar-refractivity contribution < 1.29 is 19.1 Å². The van der Waals surface area contributed by atoms with E-state index in [0.29, 0.717) is 13.2 Å². The number of rotatable bonds is 11. The summed E-state index contributed by atoms with van der Waals surface area (Å²) in [5, 5.41) is 11.7. The van der Waals surface area contributed by atoms with E-state index < -0.39 is 20.4 Å². The van der Waals surface area contributed by atoms with Crippen molar-refractivity contribution in [2.24, 2.45) is 0 Å². The molecule has 0 radical (unpaired) electrons. The second kappa shape index (κ2) is 10.9. The number of methoxy groups -OCH3 is 1. The van der Waals surface area contributed by atoms with Crippen LogP contribution in [0.25, 0.3) is 0 Å². The number of nitrogens with zero attached hydrogens (tertiary/aromatic N) is 1. The van der Waals surface area contributed by atoms with Gasteiger partial charge in [-0.15, -0.1) is 0 Å². The molecule has 0 saturated heterocycles. The van der Waals surface area contributed by atoms with E-state index in [-0.39, 0.29) is 11.5 Å². The Morgan fingerprint density at radius 3 is 1.93 bits per heavy atom. The van der Waals surface area contributed by atoms with Gasteiger partial charge in [-0.3, -0.25) is 4.79 Å². The molecule has 0 aromatic heterocycles. The van der Waals surface area contributed by atoms with Crippen LogP contribution in [0.5, 0.6) is 0 Å². The van der Waals surface area contributed by atoms with Crippen LogP contribution in [0.15, 0.2) is 60.7 Å². The van der Waals surface area contributed by atoms with Crippen LogP contribution in [0, 0.1) is 0 Å².